The molecule has 155 valence electrons. The monoisotopic (exact) mass is 405 g/mol. The van der Waals surface area contributed by atoms with Gasteiger partial charge in [-0.2, -0.15) is 5.26 Å². The number of rotatable bonds is 7. The zero-order valence-corrected chi connectivity index (χ0v) is 17.3. The summed E-state index contributed by atoms with van der Waals surface area (Å²) in [5.41, 5.74) is 2.12. The molecule has 6 nitrogen and oxygen atoms in total. The van der Waals surface area contributed by atoms with Crippen LogP contribution in [0.5, 0.6) is 0 Å². The number of hydrogen-bond donors (Lipinski definition) is 0. The molecule has 1 atom stereocenters. The van der Waals surface area contributed by atoms with E-state index in [0.717, 1.165) is 12.0 Å². The lowest BCUT2D eigenvalue weighted by Gasteiger charge is -2.41. The molecule has 6 heteroatoms. The third kappa shape index (κ3) is 5.18. The third-order valence-electron chi connectivity index (χ3n) is 6.05. The predicted octanol–water partition coefficient (Wildman–Crippen LogP) is 3.34. The highest BCUT2D eigenvalue weighted by Gasteiger charge is 2.43. The smallest absolute Gasteiger partial charge is 0.294 e. The number of pyridine rings is 1. The van der Waals surface area contributed by atoms with Crippen LogP contribution in [0.4, 0.5) is 0 Å². The molecule has 2 heterocycles. The van der Waals surface area contributed by atoms with Crippen LogP contribution in [-0.2, 0) is 16.3 Å². The molecule has 1 radical (unpaired) electrons. The molecule has 1 aromatic heterocycles. The maximum Gasteiger partial charge on any atom is 0.316 e. The van der Waals surface area contributed by atoms with Crippen molar-refractivity contribution < 1.29 is 19.2 Å². The van der Waals surface area contributed by atoms with Crippen LogP contribution in [0.15, 0.2) is 48.8 Å². The Morgan fingerprint density at radius 3 is 2.37 bits per heavy atom. The molecule has 0 bridgehead atoms. The predicted molar refractivity (Wildman–Crippen MR) is 111 cm³/mol. The maximum absolute atomic E-state index is 13.5. The van der Waals surface area contributed by atoms with E-state index < -0.39 is 12.0 Å². The third-order valence-corrected chi connectivity index (χ3v) is 6.05. The number of amides is 1. The normalized spacial score (nSPS) is 22.1. The Hall–Kier alpha value is -2.88. The molecule has 0 aliphatic carbocycles. The van der Waals surface area contributed by atoms with Crippen molar-refractivity contribution in [3.05, 3.63) is 65.5 Å². The molecular weight excluding hydrogens is 378 g/mol. The number of carbonyl (C=O) groups is 2. The van der Waals surface area contributed by atoms with Crippen molar-refractivity contribution in [2.24, 2.45) is 5.92 Å². The number of nitrogens with zero attached hydrogens (tertiary/aromatic N) is 3. The van der Waals surface area contributed by atoms with Crippen LogP contribution in [0.3, 0.4) is 0 Å². The lowest BCUT2D eigenvalue weighted by atomic mass is 9.94. The molecule has 1 aliphatic heterocycles. The summed E-state index contributed by atoms with van der Waals surface area (Å²) in [6, 6.07) is 12.4. The number of piperidine rings is 1. The minimum absolute atomic E-state index is 0.0398. The quantitative estimate of drug-likeness (QED) is 0.522. The largest absolute Gasteiger partial charge is 0.316 e. The zero-order valence-electron chi connectivity index (χ0n) is 17.3. The van der Waals surface area contributed by atoms with E-state index in [4.69, 9.17) is 5.26 Å². The second-order valence-electron chi connectivity index (χ2n) is 8.18. The number of likely N-dealkylation sites (tertiary alicyclic amines) is 1. The Kier molecular flexibility index (Phi) is 7.09. The van der Waals surface area contributed by atoms with Gasteiger partial charge >= 0.3 is 5.91 Å². The first-order valence-corrected chi connectivity index (χ1v) is 10.4. The van der Waals surface area contributed by atoms with E-state index in [0.29, 0.717) is 43.6 Å². The van der Waals surface area contributed by atoms with Gasteiger partial charge < -0.3 is 0 Å². The molecule has 0 spiro atoms. The van der Waals surface area contributed by atoms with Crippen molar-refractivity contribution in [2.75, 3.05) is 19.6 Å². The van der Waals surface area contributed by atoms with E-state index >= 15 is 0 Å². The summed E-state index contributed by atoms with van der Waals surface area (Å²) in [5.74, 6) is -0.502. The Morgan fingerprint density at radius 1 is 1.13 bits per heavy atom. The fourth-order valence-corrected chi connectivity index (χ4v) is 4.17. The van der Waals surface area contributed by atoms with Crippen LogP contribution in [0.25, 0.3) is 0 Å². The fourth-order valence-electron chi connectivity index (χ4n) is 4.17. The van der Waals surface area contributed by atoms with Crippen molar-refractivity contribution in [3.8, 4) is 6.07 Å². The molecule has 30 heavy (non-hydrogen) atoms. The number of Topliss-reactive ketones (excluding diaryl/α,β-unsaturated/α-hetero) is 1. The van der Waals surface area contributed by atoms with Gasteiger partial charge in [-0.1, -0.05) is 12.1 Å². The van der Waals surface area contributed by atoms with Gasteiger partial charge in [-0.15, -0.1) is 0 Å². The second kappa shape index (κ2) is 9.75. The highest BCUT2D eigenvalue weighted by atomic mass is 16.3. The molecule has 1 saturated heterocycles. The van der Waals surface area contributed by atoms with Crippen LogP contribution < -0.4 is 0 Å². The van der Waals surface area contributed by atoms with Gasteiger partial charge in [0.05, 0.1) is 37.2 Å². The topological polar surface area (TPSA) is 90.7 Å². The second-order valence-corrected chi connectivity index (χ2v) is 8.18. The number of nitriles is 1. The van der Waals surface area contributed by atoms with Crippen molar-refractivity contribution in [2.45, 2.75) is 38.7 Å². The van der Waals surface area contributed by atoms with Crippen LogP contribution in [-0.4, -0.2) is 46.9 Å². The molecule has 0 N–H and O–H groups in total. The minimum Gasteiger partial charge on any atom is -0.294 e. The summed E-state index contributed by atoms with van der Waals surface area (Å²) in [6.45, 7) is 3.51. The zero-order chi connectivity index (χ0) is 21.6. The highest BCUT2D eigenvalue weighted by Crippen LogP contribution is 2.26. The Balaban J connectivity index is 1.71. The van der Waals surface area contributed by atoms with Crippen molar-refractivity contribution >= 4 is 11.7 Å². The Labute approximate surface area is 177 Å². The van der Waals surface area contributed by atoms with Crippen molar-refractivity contribution in [1.82, 2.24) is 4.98 Å². The number of aromatic nitrogens is 1. The molecule has 1 amide bonds. The Morgan fingerprint density at radius 2 is 1.77 bits per heavy atom. The van der Waals surface area contributed by atoms with Crippen molar-refractivity contribution in [3.63, 3.8) is 0 Å². The van der Waals surface area contributed by atoms with Gasteiger partial charge in [-0.25, -0.2) is 9.90 Å². The van der Waals surface area contributed by atoms with Gasteiger partial charge in [-0.3, -0.25) is 14.3 Å². The van der Waals surface area contributed by atoms with Gasteiger partial charge in [0.25, 0.3) is 0 Å². The van der Waals surface area contributed by atoms with E-state index in [1.165, 1.54) is 0 Å². The first-order chi connectivity index (χ1) is 14.4. The summed E-state index contributed by atoms with van der Waals surface area (Å²) in [4.78, 5) is 30.2. The number of quaternary nitrogens is 1. The molecule has 1 fully saturated rings. The number of benzene rings is 1. The molecule has 1 aromatic carbocycles. The summed E-state index contributed by atoms with van der Waals surface area (Å²) >= 11 is 0. The van der Waals surface area contributed by atoms with E-state index in [2.05, 4.69) is 4.98 Å². The SMILES string of the molecule is C[C@@H](CC(=O)c1ccc(C#N)cc1)C(=O)[N+]1(CCc2ccncc2)CCC([O])CC1. The number of hydrogen-bond acceptors (Lipinski definition) is 4. The van der Waals surface area contributed by atoms with Crippen LogP contribution in [0.1, 0.15) is 47.7 Å². The number of ketones is 1. The van der Waals surface area contributed by atoms with Gasteiger partial charge in [-0.05, 0) is 36.8 Å². The fraction of sp³-hybridized carbons (Fsp3) is 0.417. The molecule has 3 rings (SSSR count). The summed E-state index contributed by atoms with van der Waals surface area (Å²) in [7, 11) is 0. The summed E-state index contributed by atoms with van der Waals surface area (Å²) in [6.07, 6.45) is 4.70. The Bertz CT molecular complexity index is 911. The van der Waals surface area contributed by atoms with Crippen molar-refractivity contribution in [1.29, 1.82) is 5.26 Å². The van der Waals surface area contributed by atoms with E-state index in [-0.39, 0.29) is 22.6 Å². The number of carbonyl (C=O) groups excluding carboxylic acids is 2. The maximum atomic E-state index is 13.5. The minimum atomic E-state index is -0.611. The lowest BCUT2D eigenvalue weighted by Crippen LogP contribution is -2.60. The first-order valence-electron chi connectivity index (χ1n) is 10.4. The standard InChI is InChI=1S/C24H27N3O3/c1-18(16-23(29)21-4-2-20(17-25)3-5-21)24(30)27(14-9-22(28)10-15-27)13-8-19-6-11-26-12-7-19/h2-7,11-12,18,22H,8-10,13-16H2,1H3/q+1/t18-,22?,27?/m0/s1. The van der Waals surface area contributed by atoms with Gasteiger partial charge in [0.2, 0.25) is 0 Å². The molecule has 1 aliphatic rings. The van der Waals surface area contributed by atoms with E-state index in [1.807, 2.05) is 18.2 Å². The first kappa shape index (κ1) is 21.8. The summed E-state index contributed by atoms with van der Waals surface area (Å²) < 4.78 is 0.267. The summed E-state index contributed by atoms with van der Waals surface area (Å²) in [5, 5.41) is 20.8. The van der Waals surface area contributed by atoms with Crippen LogP contribution in [0.2, 0.25) is 0 Å². The molecule has 2 aromatic rings. The van der Waals surface area contributed by atoms with E-state index in [9.17, 15) is 14.7 Å². The average molecular weight is 405 g/mol. The van der Waals surface area contributed by atoms with Crippen LogP contribution >= 0.6 is 0 Å². The highest BCUT2D eigenvalue weighted by molar-refractivity contribution is 5.98. The molecule has 0 unspecified atom stereocenters. The van der Waals surface area contributed by atoms with E-state index in [1.54, 1.807) is 43.6 Å². The average Bonchev–Trinajstić information content (AvgIpc) is 2.79. The van der Waals surface area contributed by atoms with Crippen LogP contribution in [0, 0.1) is 17.2 Å². The molecular formula is C24H27N3O3+. The molecule has 0 saturated carbocycles. The van der Waals surface area contributed by atoms with Gasteiger partial charge in [0.1, 0.15) is 6.10 Å². The van der Waals surface area contributed by atoms with Gasteiger partial charge in [0.15, 0.2) is 5.78 Å². The van der Waals surface area contributed by atoms with Gasteiger partial charge in [0, 0.05) is 43.6 Å². The lowest BCUT2D eigenvalue weighted by molar-refractivity contribution is -0.862.